The van der Waals surface area contributed by atoms with Crippen LogP contribution in [0.2, 0.25) is 0 Å². The molecule has 0 N–H and O–H groups in total. The fourth-order valence-corrected chi connectivity index (χ4v) is 8.18. The van der Waals surface area contributed by atoms with Gasteiger partial charge < -0.3 is 4.90 Å². The molecule has 6 aromatic rings. The van der Waals surface area contributed by atoms with Crippen LogP contribution in [0.3, 0.4) is 0 Å². The number of para-hydroxylation sites is 2. The van der Waals surface area contributed by atoms with E-state index in [9.17, 15) is 8.42 Å². The Morgan fingerprint density at radius 1 is 0.537 bits per heavy atom. The largest absolute Gasteiger partial charge is 0.308 e. The number of benzene rings is 4. The van der Waals surface area contributed by atoms with E-state index >= 15 is 0 Å². The van der Waals surface area contributed by atoms with Crippen LogP contribution in [0.25, 0.3) is 11.4 Å². The van der Waals surface area contributed by atoms with Gasteiger partial charge in [-0.25, -0.2) is 8.42 Å². The monoisotopic (exact) mass is 549 g/mol. The van der Waals surface area contributed by atoms with Gasteiger partial charge in [0, 0.05) is 18.1 Å². The molecule has 1 aliphatic carbocycles. The van der Waals surface area contributed by atoms with Crippen LogP contribution in [0.1, 0.15) is 22.3 Å². The van der Waals surface area contributed by atoms with Crippen LogP contribution in [0.5, 0.6) is 0 Å². The Balaban J connectivity index is 1.47. The van der Waals surface area contributed by atoms with Crippen molar-refractivity contribution in [2.45, 2.75) is 15.2 Å². The second-order valence-corrected chi connectivity index (χ2v) is 12.1. The zero-order chi connectivity index (χ0) is 27.6. The van der Waals surface area contributed by atoms with E-state index in [1.807, 2.05) is 89.8 Å². The summed E-state index contributed by atoms with van der Waals surface area (Å²) in [5.74, 6) is 0. The van der Waals surface area contributed by atoms with E-state index < -0.39 is 15.3 Å². The lowest BCUT2D eigenvalue weighted by atomic mass is 9.68. The average molecular weight is 550 g/mol. The van der Waals surface area contributed by atoms with Crippen LogP contribution in [-0.2, 0) is 15.3 Å². The first-order valence-electron chi connectivity index (χ1n) is 13.4. The Morgan fingerprint density at radius 3 is 1.80 bits per heavy atom. The van der Waals surface area contributed by atoms with Crippen molar-refractivity contribution in [3.8, 4) is 11.4 Å². The van der Waals surface area contributed by atoms with Gasteiger partial charge in [0.1, 0.15) is 0 Å². The van der Waals surface area contributed by atoms with E-state index in [1.165, 1.54) is 0 Å². The molecule has 0 bridgehead atoms. The predicted octanol–water partition coefficient (Wildman–Crippen LogP) is 7.46. The van der Waals surface area contributed by atoms with Gasteiger partial charge in [0.05, 0.1) is 38.0 Å². The number of hydrogen-bond acceptors (Lipinski definition) is 5. The highest BCUT2D eigenvalue weighted by Crippen LogP contribution is 2.56. The molecule has 0 spiro atoms. The van der Waals surface area contributed by atoms with Crippen LogP contribution in [-0.4, -0.2) is 18.4 Å². The summed E-state index contributed by atoms with van der Waals surface area (Å²) in [5, 5.41) is 0. The van der Waals surface area contributed by atoms with Gasteiger partial charge >= 0.3 is 0 Å². The Bertz CT molecular complexity index is 2030. The number of hydrogen-bond donors (Lipinski definition) is 0. The third-order valence-electron chi connectivity index (χ3n) is 8.19. The summed E-state index contributed by atoms with van der Waals surface area (Å²) in [7, 11) is -3.83. The molecule has 5 nitrogen and oxygen atoms in total. The normalized spacial score (nSPS) is 15.4. The molecule has 8 rings (SSSR count). The lowest BCUT2D eigenvalue weighted by Crippen LogP contribution is -2.30. The van der Waals surface area contributed by atoms with Crippen molar-refractivity contribution in [2.75, 3.05) is 4.90 Å². The fraction of sp³-hybridized carbons (Fsp3) is 0.0286. The van der Waals surface area contributed by atoms with E-state index in [0.29, 0.717) is 11.4 Å². The van der Waals surface area contributed by atoms with Gasteiger partial charge in [-0.1, -0.05) is 78.9 Å². The molecule has 0 fully saturated rings. The van der Waals surface area contributed by atoms with E-state index in [-0.39, 0.29) is 9.79 Å². The van der Waals surface area contributed by atoms with Crippen LogP contribution >= 0.6 is 0 Å². The van der Waals surface area contributed by atoms with Crippen molar-refractivity contribution in [2.24, 2.45) is 0 Å². The average Bonchev–Trinajstić information content (AvgIpc) is 3.33. The SMILES string of the molecule is O=S1(=O)c2ccccc2N(c2ccccc2)c2ccc(C3(c4ccccc4)c4cccnc4-c4ncccc43)cc21. The van der Waals surface area contributed by atoms with Gasteiger partial charge in [0.2, 0.25) is 9.84 Å². The molecule has 0 unspecified atom stereocenters. The summed E-state index contributed by atoms with van der Waals surface area (Å²) in [6.07, 6.45) is 3.56. The van der Waals surface area contributed by atoms with Gasteiger partial charge in [0.15, 0.2) is 0 Å². The predicted molar refractivity (Wildman–Crippen MR) is 159 cm³/mol. The van der Waals surface area contributed by atoms with Gasteiger partial charge in [0.25, 0.3) is 0 Å². The van der Waals surface area contributed by atoms with Crippen molar-refractivity contribution >= 4 is 26.9 Å². The van der Waals surface area contributed by atoms with Crippen LogP contribution in [0, 0.1) is 0 Å². The molecule has 3 heterocycles. The van der Waals surface area contributed by atoms with Crippen molar-refractivity contribution in [3.63, 3.8) is 0 Å². The molecular formula is C35H23N3O2S. The number of nitrogens with zero attached hydrogens (tertiary/aromatic N) is 3. The zero-order valence-electron chi connectivity index (χ0n) is 21.8. The number of rotatable bonds is 3. The van der Waals surface area contributed by atoms with Crippen LogP contribution in [0.4, 0.5) is 17.1 Å². The Hall–Kier alpha value is -5.07. The summed E-state index contributed by atoms with van der Waals surface area (Å²) in [5.41, 5.74) is 6.81. The molecule has 4 aromatic carbocycles. The van der Waals surface area contributed by atoms with Crippen LogP contribution < -0.4 is 4.90 Å². The Kier molecular flexibility index (Phi) is 5.06. The number of anilines is 3. The summed E-state index contributed by atoms with van der Waals surface area (Å²) in [4.78, 5) is 12.1. The molecule has 6 heteroatoms. The van der Waals surface area contributed by atoms with Crippen LogP contribution in [0.15, 0.2) is 150 Å². The first kappa shape index (κ1) is 23.8. The standard InChI is InChI=1S/C35H23N3O2S/c39-41(40)31-18-8-7-17-29(31)38(26-13-5-2-6-14-26)30-20-19-25(23-32(30)41)35(24-11-3-1-4-12-24)27-15-9-21-36-33(27)34-28(35)16-10-22-37-34/h1-23H. The maximum absolute atomic E-state index is 14.3. The number of fused-ring (bicyclic) bond motifs is 5. The number of sulfone groups is 1. The number of aromatic nitrogens is 2. The maximum atomic E-state index is 14.3. The molecular weight excluding hydrogens is 526 g/mol. The molecule has 2 aromatic heterocycles. The van der Waals surface area contributed by atoms with Gasteiger partial charge in [-0.3, -0.25) is 9.97 Å². The third-order valence-corrected chi connectivity index (χ3v) is 10.0. The Labute approximate surface area is 238 Å². The highest BCUT2D eigenvalue weighted by atomic mass is 32.2. The molecule has 196 valence electrons. The second kappa shape index (κ2) is 8.71. The van der Waals surface area contributed by atoms with Gasteiger partial charge in [-0.2, -0.15) is 0 Å². The quantitative estimate of drug-likeness (QED) is 0.229. The highest BCUT2D eigenvalue weighted by molar-refractivity contribution is 7.92. The first-order valence-corrected chi connectivity index (χ1v) is 14.9. The fourth-order valence-electron chi connectivity index (χ4n) is 6.54. The molecule has 0 saturated heterocycles. The van der Waals surface area contributed by atoms with Gasteiger partial charge in [-0.15, -0.1) is 0 Å². The summed E-state index contributed by atoms with van der Waals surface area (Å²) in [6, 6.07) is 41.2. The summed E-state index contributed by atoms with van der Waals surface area (Å²) >= 11 is 0. The topological polar surface area (TPSA) is 63.2 Å². The molecule has 2 aliphatic rings. The molecule has 0 saturated carbocycles. The Morgan fingerprint density at radius 2 is 1.12 bits per heavy atom. The lowest BCUT2D eigenvalue weighted by Gasteiger charge is -2.36. The minimum absolute atomic E-state index is 0.274. The zero-order valence-corrected chi connectivity index (χ0v) is 22.7. The molecule has 0 radical (unpaired) electrons. The minimum atomic E-state index is -3.83. The molecule has 1 aliphatic heterocycles. The highest BCUT2D eigenvalue weighted by Gasteiger charge is 2.48. The first-order chi connectivity index (χ1) is 20.1. The van der Waals surface area contributed by atoms with Crippen molar-refractivity contribution in [1.82, 2.24) is 9.97 Å². The maximum Gasteiger partial charge on any atom is 0.210 e. The smallest absolute Gasteiger partial charge is 0.210 e. The van der Waals surface area contributed by atoms with Gasteiger partial charge in [-0.05, 0) is 70.8 Å². The summed E-state index contributed by atoms with van der Waals surface area (Å²) in [6.45, 7) is 0. The van der Waals surface area contributed by atoms with Crippen molar-refractivity contribution < 1.29 is 8.42 Å². The molecule has 41 heavy (non-hydrogen) atoms. The number of pyridine rings is 2. The summed E-state index contributed by atoms with van der Waals surface area (Å²) < 4.78 is 28.6. The van der Waals surface area contributed by atoms with E-state index in [4.69, 9.17) is 9.97 Å². The van der Waals surface area contributed by atoms with E-state index in [2.05, 4.69) is 30.3 Å². The molecule has 0 amide bonds. The minimum Gasteiger partial charge on any atom is -0.308 e. The lowest BCUT2D eigenvalue weighted by molar-refractivity contribution is 0.594. The van der Waals surface area contributed by atoms with Crippen molar-refractivity contribution in [1.29, 1.82) is 0 Å². The third kappa shape index (κ3) is 3.19. The second-order valence-electron chi connectivity index (χ2n) is 10.2. The van der Waals surface area contributed by atoms with E-state index in [1.54, 1.807) is 24.5 Å². The van der Waals surface area contributed by atoms with E-state index in [0.717, 1.165) is 39.3 Å². The molecule has 0 atom stereocenters. The van der Waals surface area contributed by atoms with Crippen molar-refractivity contribution in [3.05, 3.63) is 162 Å².